The second-order valence-corrected chi connectivity index (χ2v) is 43.4. The average Bonchev–Trinajstić information content (AvgIpc) is 1.53. The van der Waals surface area contributed by atoms with Crippen LogP contribution in [-0.4, -0.2) is 170 Å². The Balaban J connectivity index is 0.000000117. The normalized spacial score (nSPS) is 21.4. The Morgan fingerprint density at radius 3 is 1.23 bits per heavy atom. The summed E-state index contributed by atoms with van der Waals surface area (Å²) >= 11 is 0. The Labute approximate surface area is 856 Å². The van der Waals surface area contributed by atoms with Gasteiger partial charge in [0.2, 0.25) is 27.8 Å². The van der Waals surface area contributed by atoms with Crippen LogP contribution in [0, 0.1) is 75.1 Å². The molecule has 9 atom stereocenters. The smallest absolute Gasteiger partial charge is 0.252 e. The number of nitrogens with zero attached hydrogens (tertiary/aromatic N) is 24. The van der Waals surface area contributed by atoms with Crippen LogP contribution < -0.4 is 15.8 Å². The first-order chi connectivity index (χ1) is 71.8. The minimum absolute atomic E-state index is 0.0321. The predicted molar refractivity (Wildman–Crippen MR) is 536 cm³/mol. The van der Waals surface area contributed by atoms with Gasteiger partial charge in [0.15, 0.2) is 11.6 Å². The molecule has 1 unspecified atom stereocenters. The molecule has 32 nitrogen and oxygen atoms in total. The van der Waals surface area contributed by atoms with E-state index in [0.717, 1.165) is 142 Å². The van der Waals surface area contributed by atoms with E-state index in [2.05, 4.69) is 156 Å². The maximum absolute atomic E-state index is 14.6. The number of sulfonamides is 1. The lowest BCUT2D eigenvalue weighted by Gasteiger charge is -2.37. The van der Waals surface area contributed by atoms with Gasteiger partial charge in [0.1, 0.15) is 52.9 Å². The van der Waals surface area contributed by atoms with Crippen molar-refractivity contribution in [1.82, 2.24) is 120 Å². The number of carbonyl (C=O) groups is 1. The maximum atomic E-state index is 14.6. The van der Waals surface area contributed by atoms with Gasteiger partial charge in [-0.25, -0.2) is 103 Å². The largest absolute Gasteiger partial charge is 0.396 e. The Morgan fingerprint density at radius 2 is 0.840 bits per heavy atom. The molecule has 4 aromatic carbocycles. The molecule has 1 amide bonds. The summed E-state index contributed by atoms with van der Waals surface area (Å²) in [6.45, 7) is 21.5. The summed E-state index contributed by atoms with van der Waals surface area (Å²) in [4.78, 5) is 65.6. The molecule has 12 heterocycles. The highest BCUT2D eigenvalue weighted by molar-refractivity contribution is 7.92. The van der Waals surface area contributed by atoms with Crippen molar-refractivity contribution >= 4 is 27.8 Å². The summed E-state index contributed by atoms with van der Waals surface area (Å²) < 4.78 is 145. The summed E-state index contributed by atoms with van der Waals surface area (Å²) in [6.07, 6.45) is 22.4. The minimum atomic E-state index is -3.52. The zero-order chi connectivity index (χ0) is 105. The molecule has 4 fully saturated rings. The number of carbonyl (C=O) groups excluding carboxylic acids is 1. The van der Waals surface area contributed by atoms with Crippen molar-refractivity contribution in [3.63, 3.8) is 0 Å². The van der Waals surface area contributed by atoms with Gasteiger partial charge < -0.3 is 21.3 Å². The number of aromatic nitrogens is 24. The highest BCUT2D eigenvalue weighted by atomic mass is 32.2. The number of fused-ring (bicyclic) bond motifs is 20. The fraction of sp³-hybridized carbons (Fsp3) is 0.349. The van der Waals surface area contributed by atoms with Crippen LogP contribution in [0.1, 0.15) is 235 Å². The standard InChI is InChI=1S/C30H30F2N6O.C27H25F2N7O2S.C27H25F2N7O.C25H23F2N7O/c1-4-18(39)16-35-28-33-14-17(15-34-28)23-9-6-10-25(36-23)30-12-11-20(29(30,2)3)19-13-24(37-38-27(19)30)26-21(31)7-5-8-22(26)32;1-14-16(13-31-25(32-14)36-39(4,37)38)24-30-11-9-21(33-24)27-10-8-17(26(27,2)3)15-12-20(34-35-23(15)27)22-18(28)6-5-7-19(22)29;1-26(2)17-8-11-27(26,24-16(17)14-20(33-34-24)23-18(28)4-3-5-19(23)29)21-9-12-31-25(32-21)36-13-10-15(35-36)6-7-22(30)37;1-24(2)15-6-9-25(24,19-7-10-28-23(30-19)34-13-29-20(33-34)8-11-35)22-14(15)12-18(31-32-22)21-16(26)4-3-5-17(21)27/h5-10,13-15,18,20,39H,4,11-12,16H2,1-3H3,(H,33,34,35);5-7,9,11-13,17H,8,10H2,1-4H3,(H,31,32,36);3-5,9-10,12-14,17H,6-8,11H2,1-2H3,(H2,30,37);3-5,7,10,12-13,15,35H,6,8-9,11H2,1-2H3/t18?,20-,30-;2*17-,27-;15-,25-/m0000/s1. The van der Waals surface area contributed by atoms with Crippen molar-refractivity contribution in [1.29, 1.82) is 0 Å². The molecule has 150 heavy (non-hydrogen) atoms. The van der Waals surface area contributed by atoms with Crippen LogP contribution in [0.2, 0.25) is 0 Å². The van der Waals surface area contributed by atoms with Crippen LogP contribution >= 0.6 is 0 Å². The van der Waals surface area contributed by atoms with Crippen molar-refractivity contribution in [3.8, 4) is 79.6 Å². The number of nitrogens with two attached hydrogens (primary N) is 1. The molecule has 4 saturated carbocycles. The van der Waals surface area contributed by atoms with Crippen LogP contribution in [0.15, 0.2) is 189 Å². The molecular formula is C109H103F8N27O5S. The molecular weight excluding hydrogens is 1950 g/mol. The lowest BCUT2D eigenvalue weighted by molar-refractivity contribution is -0.118. The summed E-state index contributed by atoms with van der Waals surface area (Å²) in [6, 6.07) is 35.7. The molecule has 41 heteroatoms. The van der Waals surface area contributed by atoms with E-state index >= 15 is 0 Å². The van der Waals surface area contributed by atoms with Crippen molar-refractivity contribution in [2.45, 2.75) is 198 Å². The fourth-order valence-electron chi connectivity index (χ4n) is 25.3. The van der Waals surface area contributed by atoms with Gasteiger partial charge in [0.25, 0.3) is 11.9 Å². The number of anilines is 2. The number of aliphatic hydroxyl groups is 2. The molecule has 8 aliphatic carbocycles. The molecule has 12 aromatic heterocycles. The number of aliphatic hydroxyl groups excluding tert-OH is 2. The Hall–Kier alpha value is -15.5. The average molecular weight is 2060 g/mol. The van der Waals surface area contributed by atoms with E-state index in [1.165, 1.54) is 90.0 Å². The molecule has 0 saturated heterocycles. The molecule has 8 bridgehead atoms. The predicted octanol–water partition coefficient (Wildman–Crippen LogP) is 17.8. The zero-order valence-electron chi connectivity index (χ0n) is 83.5. The summed E-state index contributed by atoms with van der Waals surface area (Å²) in [5.41, 5.74) is 15.7. The molecule has 24 rings (SSSR count). The number of primary amides is 1. The molecule has 0 aliphatic heterocycles. The fourth-order valence-corrected chi connectivity index (χ4v) is 25.7. The van der Waals surface area contributed by atoms with Gasteiger partial charge in [0, 0.05) is 74.7 Å². The Morgan fingerprint density at radius 1 is 0.453 bits per heavy atom. The van der Waals surface area contributed by atoms with E-state index in [4.69, 9.17) is 30.8 Å². The van der Waals surface area contributed by atoms with Crippen molar-refractivity contribution in [2.75, 3.05) is 29.4 Å². The van der Waals surface area contributed by atoms with E-state index in [1.807, 2.05) is 55.5 Å². The van der Waals surface area contributed by atoms with Crippen LogP contribution in [0.5, 0.6) is 0 Å². The highest BCUT2D eigenvalue weighted by Crippen LogP contribution is 2.74. The van der Waals surface area contributed by atoms with Crippen molar-refractivity contribution < 1.29 is 58.5 Å². The monoisotopic (exact) mass is 2050 g/mol. The van der Waals surface area contributed by atoms with Crippen molar-refractivity contribution in [3.05, 3.63) is 321 Å². The van der Waals surface area contributed by atoms with Crippen LogP contribution in [0.25, 0.3) is 79.6 Å². The maximum Gasteiger partial charge on any atom is 0.252 e. The number of hydrogen-bond acceptors (Lipinski definition) is 28. The Bertz CT molecular complexity index is 8110. The molecule has 16 aromatic rings. The third-order valence-electron chi connectivity index (χ3n) is 32.8. The van der Waals surface area contributed by atoms with E-state index in [-0.39, 0.29) is 115 Å². The van der Waals surface area contributed by atoms with Crippen LogP contribution in [-0.2, 0) is 49.3 Å². The van der Waals surface area contributed by atoms with Crippen molar-refractivity contribution in [2.24, 2.45) is 27.4 Å². The molecule has 6 N–H and O–H groups in total. The lowest BCUT2D eigenvalue weighted by Crippen LogP contribution is -2.38. The van der Waals surface area contributed by atoms with E-state index in [0.29, 0.717) is 66.6 Å². The lowest BCUT2D eigenvalue weighted by atomic mass is 9.66. The number of rotatable bonds is 23. The molecule has 766 valence electrons. The van der Waals surface area contributed by atoms with Gasteiger partial charge in [0.05, 0.1) is 154 Å². The first-order valence-electron chi connectivity index (χ1n) is 49.5. The highest BCUT2D eigenvalue weighted by Gasteiger charge is 2.69. The van der Waals surface area contributed by atoms with E-state index in [9.17, 15) is 53.4 Å². The van der Waals surface area contributed by atoms with E-state index in [1.54, 1.807) is 67.0 Å². The number of amides is 1. The first-order valence-corrected chi connectivity index (χ1v) is 51.4. The van der Waals surface area contributed by atoms with Crippen LogP contribution in [0.4, 0.5) is 47.0 Å². The quantitative estimate of drug-likeness (QED) is 0.0371. The summed E-state index contributed by atoms with van der Waals surface area (Å²) in [7, 11) is -3.52. The topological polar surface area (TPSA) is 435 Å². The molecule has 0 spiro atoms. The SMILES string of the molecule is CC1(C)[C@H]2CC[C@]1(c1ccnc(-n3ccc(CCC(N)=O)n3)n1)c1nnc(-c3c(F)cccc3F)cc12.CC1(C)[C@H]2CC[C@]1(c1ccnc(-n3cnc(CCO)n3)n1)c1nnc(-c3c(F)cccc3F)cc12.CCC(O)CNc1ncc(-c2cccc([C@@]34CC[C@@H](c5cc(-c6c(F)cccc6F)nnc53)C4(C)C)n2)cn1.Cc1nc(NS(C)(=O)=O)ncc1-c1nccc([C@@]23CC[C@@H](c4cc(-c5c(F)cccc5F)nnc42)C3(C)C)n1. The third-order valence-corrected chi connectivity index (χ3v) is 33.4. The number of aryl methyl sites for hydroxylation is 2. The number of pyridine rings is 1. The van der Waals surface area contributed by atoms with Gasteiger partial charge in [-0.2, -0.15) is 30.2 Å². The van der Waals surface area contributed by atoms with E-state index < -0.39 is 84.3 Å². The number of benzene rings is 4. The molecule has 0 radical (unpaired) electrons. The zero-order valence-corrected chi connectivity index (χ0v) is 84.4. The second kappa shape index (κ2) is 37.9. The second-order valence-electron chi connectivity index (χ2n) is 41.7. The van der Waals surface area contributed by atoms with Gasteiger partial charge in [-0.15, -0.1) is 25.5 Å². The number of hydrogen-bond donors (Lipinski definition) is 5. The van der Waals surface area contributed by atoms with Crippen LogP contribution in [0.3, 0.4) is 0 Å². The number of halogens is 8. The van der Waals surface area contributed by atoms with Gasteiger partial charge in [-0.05, 0) is 241 Å². The van der Waals surface area contributed by atoms with Gasteiger partial charge in [-0.1, -0.05) is 92.6 Å². The number of nitrogens with one attached hydrogen (secondary N) is 2. The summed E-state index contributed by atoms with van der Waals surface area (Å²) in [5, 5.41) is 66.4. The minimum Gasteiger partial charge on any atom is -0.396 e. The summed E-state index contributed by atoms with van der Waals surface area (Å²) in [5.74, 6) is -3.07. The molecule has 8 aliphatic rings. The Kier molecular flexibility index (Phi) is 25.4. The third kappa shape index (κ3) is 16.4. The van der Waals surface area contributed by atoms with Gasteiger partial charge >= 0.3 is 0 Å². The van der Waals surface area contributed by atoms with Gasteiger partial charge in [-0.3, -0.25) is 14.5 Å². The first kappa shape index (κ1) is 100.